The number of aliphatic hydroxyl groups is 2. The van der Waals surface area contributed by atoms with E-state index in [0.717, 1.165) is 12.0 Å². The lowest BCUT2D eigenvalue weighted by atomic mass is 9.49. The predicted octanol–water partition coefficient (Wildman–Crippen LogP) is 4.45. The Bertz CT molecular complexity index is 685. The molecule has 0 amide bonds. The van der Waals surface area contributed by atoms with Crippen molar-refractivity contribution in [2.24, 2.45) is 16.7 Å². The summed E-state index contributed by atoms with van der Waals surface area (Å²) in [6.45, 7) is 6.21. The molecule has 23 heavy (non-hydrogen) atoms. The number of nitrogens with zero attached hydrogens (tertiary/aromatic N) is 1. The standard InChI is InChI=1S/C20H25NO2/c1-18(2)16-9-10-20(23,15-7-5-4-6-8-15)13-19(16,3)11-14(12-21)17(18)22/h4-8,16,22-23H,9-11,13H2,1-3H3/t16-,19+,20-/m0/s1. The van der Waals surface area contributed by atoms with Crippen molar-refractivity contribution >= 4 is 0 Å². The molecule has 2 aliphatic carbocycles. The molecule has 3 nitrogen and oxygen atoms in total. The monoisotopic (exact) mass is 311 g/mol. The van der Waals surface area contributed by atoms with E-state index >= 15 is 0 Å². The predicted molar refractivity (Wildman–Crippen MR) is 89.5 cm³/mol. The molecule has 1 saturated carbocycles. The van der Waals surface area contributed by atoms with Crippen molar-refractivity contribution in [1.82, 2.24) is 0 Å². The van der Waals surface area contributed by atoms with Gasteiger partial charge in [-0.2, -0.15) is 5.26 Å². The molecule has 1 fully saturated rings. The molecule has 3 atom stereocenters. The summed E-state index contributed by atoms with van der Waals surface area (Å²) in [7, 11) is 0. The van der Waals surface area contributed by atoms with E-state index in [4.69, 9.17) is 0 Å². The SMILES string of the molecule is CC1(C)C(O)=C(C#N)C[C@]2(C)C[C@](O)(c3ccccc3)CC[C@@H]12. The first-order valence-electron chi connectivity index (χ1n) is 8.33. The molecule has 3 heteroatoms. The van der Waals surface area contributed by atoms with Gasteiger partial charge in [-0.1, -0.05) is 51.1 Å². The summed E-state index contributed by atoms with van der Waals surface area (Å²) >= 11 is 0. The van der Waals surface area contributed by atoms with Crippen LogP contribution in [0.3, 0.4) is 0 Å². The van der Waals surface area contributed by atoms with Gasteiger partial charge in [-0.25, -0.2) is 0 Å². The molecule has 1 aromatic carbocycles. The lowest BCUT2D eigenvalue weighted by molar-refractivity contribution is -0.111. The molecule has 0 heterocycles. The molecule has 2 N–H and O–H groups in total. The molecule has 1 aromatic rings. The molecule has 0 spiro atoms. The number of rotatable bonds is 1. The maximum Gasteiger partial charge on any atom is 0.112 e. The number of nitriles is 1. The van der Waals surface area contributed by atoms with Gasteiger partial charge in [-0.15, -0.1) is 0 Å². The molecule has 0 aliphatic heterocycles. The second kappa shape index (κ2) is 5.11. The molecule has 0 aromatic heterocycles. The normalized spacial score (nSPS) is 36.2. The smallest absolute Gasteiger partial charge is 0.112 e. The minimum absolute atomic E-state index is 0.191. The molecular weight excluding hydrogens is 286 g/mol. The molecule has 0 radical (unpaired) electrons. The summed E-state index contributed by atoms with van der Waals surface area (Å²) in [5.74, 6) is 0.503. The van der Waals surface area contributed by atoms with Crippen LogP contribution in [-0.2, 0) is 5.60 Å². The third kappa shape index (κ3) is 2.37. The van der Waals surface area contributed by atoms with Crippen LogP contribution in [0.4, 0.5) is 0 Å². The summed E-state index contributed by atoms with van der Waals surface area (Å²) < 4.78 is 0. The minimum Gasteiger partial charge on any atom is -0.511 e. The van der Waals surface area contributed by atoms with Crippen molar-refractivity contribution in [3.63, 3.8) is 0 Å². The fraction of sp³-hybridized carbons (Fsp3) is 0.550. The van der Waals surface area contributed by atoms with E-state index in [2.05, 4.69) is 13.0 Å². The summed E-state index contributed by atoms with van der Waals surface area (Å²) in [4.78, 5) is 0. The number of aliphatic hydroxyl groups excluding tert-OH is 1. The van der Waals surface area contributed by atoms with Crippen LogP contribution in [0, 0.1) is 28.1 Å². The van der Waals surface area contributed by atoms with Crippen molar-refractivity contribution in [2.75, 3.05) is 0 Å². The Labute approximate surface area is 138 Å². The Hall–Kier alpha value is -1.79. The molecule has 2 aliphatic rings. The summed E-state index contributed by atoms with van der Waals surface area (Å²) in [5, 5.41) is 31.2. The molecule has 3 rings (SSSR count). The van der Waals surface area contributed by atoms with Crippen LogP contribution in [0.5, 0.6) is 0 Å². The second-order valence-corrected chi connectivity index (χ2v) is 8.16. The highest BCUT2D eigenvalue weighted by molar-refractivity contribution is 5.35. The lowest BCUT2D eigenvalue weighted by Gasteiger charge is -2.56. The van der Waals surface area contributed by atoms with Crippen LogP contribution < -0.4 is 0 Å². The van der Waals surface area contributed by atoms with Crippen LogP contribution in [0.15, 0.2) is 41.7 Å². The van der Waals surface area contributed by atoms with E-state index in [-0.39, 0.29) is 17.1 Å². The third-order valence-corrected chi connectivity index (χ3v) is 6.18. The van der Waals surface area contributed by atoms with Crippen molar-refractivity contribution < 1.29 is 10.2 Å². The van der Waals surface area contributed by atoms with E-state index in [1.807, 2.05) is 44.2 Å². The second-order valence-electron chi connectivity index (χ2n) is 8.16. The first-order chi connectivity index (χ1) is 10.7. The maximum atomic E-state index is 11.3. The highest BCUT2D eigenvalue weighted by atomic mass is 16.3. The van der Waals surface area contributed by atoms with E-state index in [0.29, 0.717) is 24.8 Å². The van der Waals surface area contributed by atoms with E-state index in [1.165, 1.54) is 0 Å². The zero-order valence-corrected chi connectivity index (χ0v) is 14.1. The fourth-order valence-electron chi connectivity index (χ4n) is 5.16. The van der Waals surface area contributed by atoms with E-state index < -0.39 is 11.0 Å². The first-order valence-corrected chi connectivity index (χ1v) is 8.33. The Kier molecular flexibility index (Phi) is 3.57. The number of hydrogen-bond donors (Lipinski definition) is 2. The van der Waals surface area contributed by atoms with Gasteiger partial charge < -0.3 is 10.2 Å². The summed E-state index contributed by atoms with van der Waals surface area (Å²) in [5.41, 5.74) is -0.0311. The summed E-state index contributed by atoms with van der Waals surface area (Å²) in [6.07, 6.45) is 2.70. The van der Waals surface area contributed by atoms with Gasteiger partial charge in [0, 0.05) is 5.41 Å². The number of hydrogen-bond acceptors (Lipinski definition) is 3. The molecule has 0 saturated heterocycles. The third-order valence-electron chi connectivity index (χ3n) is 6.18. The number of fused-ring (bicyclic) bond motifs is 1. The molecular formula is C20H25NO2. The van der Waals surface area contributed by atoms with Gasteiger partial charge in [-0.3, -0.25) is 0 Å². The highest BCUT2D eigenvalue weighted by Crippen LogP contribution is 2.62. The number of benzene rings is 1. The zero-order chi connectivity index (χ0) is 16.9. The van der Waals surface area contributed by atoms with Crippen molar-refractivity contribution in [3.8, 4) is 6.07 Å². The van der Waals surface area contributed by atoms with Crippen LogP contribution in [0.2, 0.25) is 0 Å². The first kappa shape index (κ1) is 16.1. The van der Waals surface area contributed by atoms with Crippen LogP contribution in [0.25, 0.3) is 0 Å². The van der Waals surface area contributed by atoms with Gasteiger partial charge in [-0.05, 0) is 42.6 Å². The van der Waals surface area contributed by atoms with Gasteiger partial charge in [0.15, 0.2) is 0 Å². The van der Waals surface area contributed by atoms with Gasteiger partial charge in [0.05, 0.1) is 17.2 Å². The van der Waals surface area contributed by atoms with E-state index in [1.54, 1.807) is 0 Å². The maximum absolute atomic E-state index is 11.3. The van der Waals surface area contributed by atoms with Crippen molar-refractivity contribution in [1.29, 1.82) is 5.26 Å². The minimum atomic E-state index is -0.851. The van der Waals surface area contributed by atoms with E-state index in [9.17, 15) is 15.5 Å². The van der Waals surface area contributed by atoms with Gasteiger partial charge in [0.2, 0.25) is 0 Å². The van der Waals surface area contributed by atoms with Crippen LogP contribution >= 0.6 is 0 Å². The Morgan fingerprint density at radius 1 is 1.17 bits per heavy atom. The average molecular weight is 311 g/mol. The highest BCUT2D eigenvalue weighted by Gasteiger charge is 2.56. The van der Waals surface area contributed by atoms with Gasteiger partial charge in [0.25, 0.3) is 0 Å². The average Bonchev–Trinajstić information content (AvgIpc) is 2.51. The summed E-state index contributed by atoms with van der Waals surface area (Å²) in [6, 6.07) is 12.0. The fourth-order valence-corrected chi connectivity index (χ4v) is 5.16. The topological polar surface area (TPSA) is 64.2 Å². The van der Waals surface area contributed by atoms with Gasteiger partial charge >= 0.3 is 0 Å². The lowest BCUT2D eigenvalue weighted by Crippen LogP contribution is -2.51. The van der Waals surface area contributed by atoms with Crippen molar-refractivity contribution in [3.05, 3.63) is 47.2 Å². The quantitative estimate of drug-likeness (QED) is 0.805. The van der Waals surface area contributed by atoms with Crippen LogP contribution in [-0.4, -0.2) is 10.2 Å². The van der Waals surface area contributed by atoms with Gasteiger partial charge in [0.1, 0.15) is 5.76 Å². The largest absolute Gasteiger partial charge is 0.511 e. The van der Waals surface area contributed by atoms with Crippen molar-refractivity contribution in [2.45, 2.75) is 52.1 Å². The zero-order valence-electron chi connectivity index (χ0n) is 14.1. The number of allylic oxidation sites excluding steroid dienone is 2. The Morgan fingerprint density at radius 3 is 2.43 bits per heavy atom. The molecule has 122 valence electrons. The Morgan fingerprint density at radius 2 is 1.83 bits per heavy atom. The Balaban J connectivity index is 2.02. The molecule has 0 bridgehead atoms. The molecule has 0 unspecified atom stereocenters. The van der Waals surface area contributed by atoms with Crippen LogP contribution in [0.1, 0.15) is 52.0 Å².